The van der Waals surface area contributed by atoms with Crippen LogP contribution in [-0.4, -0.2) is 26.3 Å². The van der Waals surface area contributed by atoms with Crippen LogP contribution in [0.3, 0.4) is 0 Å². The van der Waals surface area contributed by atoms with Gasteiger partial charge in [0.2, 0.25) is 0 Å². The van der Waals surface area contributed by atoms with Crippen molar-refractivity contribution in [2.75, 3.05) is 6.54 Å². The summed E-state index contributed by atoms with van der Waals surface area (Å²) in [6, 6.07) is 4.04. The third-order valence-electron chi connectivity index (χ3n) is 2.85. The number of hydrogen-bond acceptors (Lipinski definition) is 4. The lowest BCUT2D eigenvalue weighted by atomic mass is 10.1. The molecule has 2 aromatic heterocycles. The van der Waals surface area contributed by atoms with Gasteiger partial charge in [0.15, 0.2) is 0 Å². The van der Waals surface area contributed by atoms with Gasteiger partial charge in [-0.3, -0.25) is 4.68 Å². The van der Waals surface area contributed by atoms with Crippen LogP contribution in [0, 0.1) is 6.92 Å². The highest BCUT2D eigenvalue weighted by molar-refractivity contribution is 5.21. The van der Waals surface area contributed by atoms with Crippen molar-refractivity contribution in [1.29, 1.82) is 0 Å². The van der Waals surface area contributed by atoms with E-state index in [0.29, 0.717) is 0 Å². The molecule has 0 fully saturated rings. The van der Waals surface area contributed by atoms with Gasteiger partial charge in [-0.25, -0.2) is 9.97 Å². The summed E-state index contributed by atoms with van der Waals surface area (Å²) in [4.78, 5) is 8.65. The Kier molecular flexibility index (Phi) is 4.04. The van der Waals surface area contributed by atoms with Crippen LogP contribution in [0.1, 0.15) is 36.6 Å². The molecule has 0 aliphatic rings. The predicted molar refractivity (Wildman–Crippen MR) is 70.1 cm³/mol. The number of nitrogens with zero attached hydrogens (tertiary/aromatic N) is 4. The molecular formula is C13H19N5. The summed E-state index contributed by atoms with van der Waals surface area (Å²) in [5.74, 6) is 0.790. The van der Waals surface area contributed by atoms with E-state index in [2.05, 4.69) is 27.3 Å². The van der Waals surface area contributed by atoms with Crippen LogP contribution in [-0.2, 0) is 7.05 Å². The van der Waals surface area contributed by atoms with Gasteiger partial charge >= 0.3 is 0 Å². The van der Waals surface area contributed by atoms with Crippen LogP contribution in [0.4, 0.5) is 0 Å². The van der Waals surface area contributed by atoms with Gasteiger partial charge in [-0.1, -0.05) is 6.92 Å². The Morgan fingerprint density at radius 3 is 2.78 bits per heavy atom. The minimum atomic E-state index is 0.0687. The largest absolute Gasteiger partial charge is 0.304 e. The third-order valence-corrected chi connectivity index (χ3v) is 2.85. The summed E-state index contributed by atoms with van der Waals surface area (Å²) in [5.41, 5.74) is 2.10. The Morgan fingerprint density at radius 1 is 1.33 bits per heavy atom. The van der Waals surface area contributed by atoms with Crippen LogP contribution in [0.5, 0.6) is 0 Å². The second-order valence-corrected chi connectivity index (χ2v) is 4.30. The van der Waals surface area contributed by atoms with Crippen molar-refractivity contribution >= 4 is 0 Å². The van der Waals surface area contributed by atoms with Crippen molar-refractivity contribution in [3.05, 3.63) is 41.7 Å². The second-order valence-electron chi connectivity index (χ2n) is 4.30. The van der Waals surface area contributed by atoms with Crippen molar-refractivity contribution in [2.45, 2.75) is 26.3 Å². The van der Waals surface area contributed by atoms with Gasteiger partial charge in [0.25, 0.3) is 0 Å². The lowest BCUT2D eigenvalue weighted by molar-refractivity contribution is 0.541. The molecule has 5 nitrogen and oxygen atoms in total. The van der Waals surface area contributed by atoms with E-state index in [1.54, 1.807) is 6.20 Å². The molecule has 0 saturated heterocycles. The number of nitrogens with one attached hydrogen (secondary N) is 1. The van der Waals surface area contributed by atoms with Crippen LogP contribution < -0.4 is 5.32 Å². The van der Waals surface area contributed by atoms with E-state index in [4.69, 9.17) is 0 Å². The molecule has 1 atom stereocenters. The quantitative estimate of drug-likeness (QED) is 0.869. The highest BCUT2D eigenvalue weighted by Crippen LogP contribution is 2.19. The third kappa shape index (κ3) is 2.73. The fourth-order valence-corrected chi connectivity index (χ4v) is 1.95. The first-order chi connectivity index (χ1) is 8.72. The molecule has 2 rings (SSSR count). The zero-order valence-corrected chi connectivity index (χ0v) is 11.1. The smallest absolute Gasteiger partial charge is 0.125 e. The topological polar surface area (TPSA) is 55.6 Å². The zero-order valence-electron chi connectivity index (χ0n) is 11.1. The summed E-state index contributed by atoms with van der Waals surface area (Å²) in [6.07, 6.45) is 4.69. The van der Waals surface area contributed by atoms with Crippen molar-refractivity contribution < 1.29 is 0 Å². The summed E-state index contributed by atoms with van der Waals surface area (Å²) in [6.45, 7) is 5.00. The molecule has 0 aliphatic carbocycles. The van der Waals surface area contributed by atoms with Crippen molar-refractivity contribution in [2.24, 2.45) is 7.05 Å². The number of aryl methyl sites for hydroxylation is 2. The number of rotatable bonds is 5. The minimum Gasteiger partial charge on any atom is -0.304 e. The molecule has 0 aliphatic heterocycles. The molecular weight excluding hydrogens is 226 g/mol. The van der Waals surface area contributed by atoms with E-state index in [-0.39, 0.29) is 6.04 Å². The highest BCUT2D eigenvalue weighted by atomic mass is 15.3. The summed E-state index contributed by atoms with van der Waals surface area (Å²) >= 11 is 0. The number of aromatic nitrogens is 4. The van der Waals surface area contributed by atoms with Gasteiger partial charge in [-0.2, -0.15) is 5.10 Å². The van der Waals surface area contributed by atoms with Crippen molar-refractivity contribution in [3.63, 3.8) is 0 Å². The van der Waals surface area contributed by atoms with E-state index < -0.39 is 0 Å². The Bertz CT molecular complexity index is 506. The zero-order chi connectivity index (χ0) is 13.0. The van der Waals surface area contributed by atoms with Gasteiger partial charge in [0.05, 0.1) is 17.4 Å². The first-order valence-electron chi connectivity index (χ1n) is 6.23. The molecule has 0 amide bonds. The van der Waals surface area contributed by atoms with Gasteiger partial charge in [-0.15, -0.1) is 0 Å². The average molecular weight is 245 g/mol. The van der Waals surface area contributed by atoms with Gasteiger partial charge < -0.3 is 5.32 Å². The fourth-order valence-electron chi connectivity index (χ4n) is 1.95. The lowest BCUT2D eigenvalue weighted by Crippen LogP contribution is -2.26. The van der Waals surface area contributed by atoms with E-state index in [1.807, 2.05) is 37.0 Å². The molecule has 18 heavy (non-hydrogen) atoms. The van der Waals surface area contributed by atoms with E-state index >= 15 is 0 Å². The average Bonchev–Trinajstić information content (AvgIpc) is 2.77. The molecule has 96 valence electrons. The Labute approximate surface area is 107 Å². The summed E-state index contributed by atoms with van der Waals surface area (Å²) in [7, 11) is 1.95. The Morgan fingerprint density at radius 2 is 2.17 bits per heavy atom. The van der Waals surface area contributed by atoms with Crippen molar-refractivity contribution in [3.8, 4) is 0 Å². The maximum absolute atomic E-state index is 4.51. The standard InChI is InChI=1S/C13H19N5/c1-4-7-15-13(12-6-9-16-18(12)3)11-5-8-14-10(2)17-11/h5-6,8-9,13,15H,4,7H2,1-3H3. The molecule has 0 bridgehead atoms. The summed E-state index contributed by atoms with van der Waals surface area (Å²) in [5, 5.41) is 7.73. The first kappa shape index (κ1) is 12.7. The second kappa shape index (κ2) is 5.73. The monoisotopic (exact) mass is 245 g/mol. The molecule has 1 unspecified atom stereocenters. The van der Waals surface area contributed by atoms with Crippen LogP contribution in [0.2, 0.25) is 0 Å². The van der Waals surface area contributed by atoms with E-state index in [0.717, 1.165) is 30.2 Å². The Hall–Kier alpha value is -1.75. The lowest BCUT2D eigenvalue weighted by Gasteiger charge is -2.18. The van der Waals surface area contributed by atoms with Gasteiger partial charge in [0.1, 0.15) is 5.82 Å². The molecule has 0 saturated carbocycles. The predicted octanol–water partition coefficient (Wildman–Crippen LogP) is 1.61. The minimum absolute atomic E-state index is 0.0687. The van der Waals surface area contributed by atoms with Crippen LogP contribution in [0.25, 0.3) is 0 Å². The van der Waals surface area contributed by atoms with E-state index in [1.165, 1.54) is 0 Å². The molecule has 1 N–H and O–H groups in total. The molecule has 0 spiro atoms. The highest BCUT2D eigenvalue weighted by Gasteiger charge is 2.17. The molecule has 0 aromatic carbocycles. The fraction of sp³-hybridized carbons (Fsp3) is 0.462. The first-order valence-corrected chi connectivity index (χ1v) is 6.23. The SMILES string of the molecule is CCCNC(c1ccnc(C)n1)c1ccnn1C. The summed E-state index contributed by atoms with van der Waals surface area (Å²) < 4.78 is 1.88. The molecule has 2 aromatic rings. The maximum atomic E-state index is 4.51. The Balaban J connectivity index is 2.33. The number of hydrogen-bond donors (Lipinski definition) is 1. The normalized spacial score (nSPS) is 12.6. The van der Waals surface area contributed by atoms with Crippen LogP contribution >= 0.6 is 0 Å². The van der Waals surface area contributed by atoms with Crippen LogP contribution in [0.15, 0.2) is 24.5 Å². The van der Waals surface area contributed by atoms with Gasteiger partial charge in [0, 0.05) is 19.4 Å². The molecule has 0 radical (unpaired) electrons. The van der Waals surface area contributed by atoms with Crippen molar-refractivity contribution in [1.82, 2.24) is 25.1 Å². The molecule has 2 heterocycles. The van der Waals surface area contributed by atoms with E-state index in [9.17, 15) is 0 Å². The molecule has 5 heteroatoms. The van der Waals surface area contributed by atoms with Gasteiger partial charge in [-0.05, 0) is 32.0 Å². The maximum Gasteiger partial charge on any atom is 0.125 e.